The Morgan fingerprint density at radius 1 is 1.53 bits per heavy atom. The zero-order chi connectivity index (χ0) is 10.7. The van der Waals surface area contributed by atoms with Gasteiger partial charge in [-0.25, -0.2) is 4.39 Å². The van der Waals surface area contributed by atoms with Crippen molar-refractivity contribution in [2.75, 3.05) is 13.2 Å². The van der Waals surface area contributed by atoms with Gasteiger partial charge in [0.15, 0.2) is 0 Å². The molecule has 1 aromatic rings. The largest absolute Gasteiger partial charge is 0.491 e. The zero-order valence-electron chi connectivity index (χ0n) is 8.83. The van der Waals surface area contributed by atoms with Gasteiger partial charge >= 0.3 is 0 Å². The molecule has 15 heavy (non-hydrogen) atoms. The highest BCUT2D eigenvalue weighted by molar-refractivity contribution is 5.27. The van der Waals surface area contributed by atoms with Crippen LogP contribution in [0.25, 0.3) is 0 Å². The molecule has 2 rings (SSSR count). The fourth-order valence-corrected chi connectivity index (χ4v) is 1.63. The molecular formula is C12H15FO2. The standard InChI is InChI=1S/C12H15FO2/c1-9-4-5-10(7-12(9)13)15-8-11-3-2-6-14-11/h4-5,7,11H,2-3,6,8H2,1H3. The maximum atomic E-state index is 13.2. The van der Waals surface area contributed by atoms with E-state index in [-0.39, 0.29) is 11.9 Å². The number of ether oxygens (including phenoxy) is 2. The van der Waals surface area contributed by atoms with E-state index < -0.39 is 0 Å². The van der Waals surface area contributed by atoms with Gasteiger partial charge in [0.1, 0.15) is 18.2 Å². The van der Waals surface area contributed by atoms with Crippen LogP contribution in [0.15, 0.2) is 18.2 Å². The van der Waals surface area contributed by atoms with Gasteiger partial charge in [0, 0.05) is 12.7 Å². The molecule has 0 spiro atoms. The van der Waals surface area contributed by atoms with E-state index in [0.29, 0.717) is 17.9 Å². The van der Waals surface area contributed by atoms with Gasteiger partial charge in [-0.2, -0.15) is 0 Å². The van der Waals surface area contributed by atoms with Crippen LogP contribution in [0.3, 0.4) is 0 Å². The second-order valence-electron chi connectivity index (χ2n) is 3.86. The third-order valence-corrected chi connectivity index (χ3v) is 2.60. The first-order chi connectivity index (χ1) is 7.25. The Bertz CT molecular complexity index is 332. The molecule has 0 bridgehead atoms. The molecule has 0 N–H and O–H groups in total. The van der Waals surface area contributed by atoms with E-state index >= 15 is 0 Å². The predicted molar refractivity (Wildman–Crippen MR) is 55.6 cm³/mol. The molecule has 1 fully saturated rings. The van der Waals surface area contributed by atoms with E-state index in [9.17, 15) is 4.39 Å². The average Bonchev–Trinajstić information content (AvgIpc) is 2.73. The van der Waals surface area contributed by atoms with Crippen molar-refractivity contribution in [3.05, 3.63) is 29.6 Å². The highest BCUT2D eigenvalue weighted by Gasteiger charge is 2.16. The fraction of sp³-hybridized carbons (Fsp3) is 0.500. The summed E-state index contributed by atoms with van der Waals surface area (Å²) >= 11 is 0. The summed E-state index contributed by atoms with van der Waals surface area (Å²) in [6.07, 6.45) is 2.30. The fourth-order valence-electron chi connectivity index (χ4n) is 1.63. The first-order valence-corrected chi connectivity index (χ1v) is 5.26. The van der Waals surface area contributed by atoms with Gasteiger partial charge in [0.25, 0.3) is 0 Å². The summed E-state index contributed by atoms with van der Waals surface area (Å²) in [4.78, 5) is 0. The normalized spacial score (nSPS) is 20.5. The molecule has 0 aliphatic carbocycles. The lowest BCUT2D eigenvalue weighted by molar-refractivity contribution is 0.0678. The highest BCUT2D eigenvalue weighted by Crippen LogP contribution is 2.18. The molecule has 3 heteroatoms. The summed E-state index contributed by atoms with van der Waals surface area (Å²) in [6.45, 7) is 3.07. The Labute approximate surface area is 89.0 Å². The van der Waals surface area contributed by atoms with E-state index in [1.165, 1.54) is 6.07 Å². The third-order valence-electron chi connectivity index (χ3n) is 2.60. The number of hydrogen-bond donors (Lipinski definition) is 0. The molecule has 1 aliphatic rings. The maximum Gasteiger partial charge on any atom is 0.129 e. The van der Waals surface area contributed by atoms with Crippen LogP contribution in [0.4, 0.5) is 4.39 Å². The Morgan fingerprint density at radius 3 is 3.07 bits per heavy atom. The molecule has 1 unspecified atom stereocenters. The van der Waals surface area contributed by atoms with Gasteiger partial charge < -0.3 is 9.47 Å². The Hall–Kier alpha value is -1.09. The quantitative estimate of drug-likeness (QED) is 0.763. The molecule has 2 nitrogen and oxygen atoms in total. The topological polar surface area (TPSA) is 18.5 Å². The molecule has 1 aromatic carbocycles. The lowest BCUT2D eigenvalue weighted by atomic mass is 10.2. The molecule has 82 valence electrons. The second-order valence-corrected chi connectivity index (χ2v) is 3.86. The van der Waals surface area contributed by atoms with Crippen molar-refractivity contribution in [3.8, 4) is 5.75 Å². The van der Waals surface area contributed by atoms with Gasteiger partial charge in [-0.3, -0.25) is 0 Å². The van der Waals surface area contributed by atoms with Gasteiger partial charge in [0.05, 0.1) is 6.10 Å². The Balaban J connectivity index is 1.90. The van der Waals surface area contributed by atoms with Crippen molar-refractivity contribution < 1.29 is 13.9 Å². The monoisotopic (exact) mass is 210 g/mol. The van der Waals surface area contributed by atoms with Crippen LogP contribution < -0.4 is 4.74 Å². The van der Waals surface area contributed by atoms with Crippen LogP contribution in [-0.2, 0) is 4.74 Å². The molecule has 0 amide bonds. The average molecular weight is 210 g/mol. The van der Waals surface area contributed by atoms with Crippen LogP contribution in [0, 0.1) is 12.7 Å². The number of rotatable bonds is 3. The number of benzene rings is 1. The van der Waals surface area contributed by atoms with Crippen molar-refractivity contribution in [2.24, 2.45) is 0 Å². The van der Waals surface area contributed by atoms with Crippen molar-refractivity contribution in [3.63, 3.8) is 0 Å². The highest BCUT2D eigenvalue weighted by atomic mass is 19.1. The first-order valence-electron chi connectivity index (χ1n) is 5.26. The third kappa shape index (κ3) is 2.69. The summed E-state index contributed by atoms with van der Waals surface area (Å²) in [6, 6.07) is 4.93. The van der Waals surface area contributed by atoms with E-state index in [0.717, 1.165) is 19.4 Å². The molecule has 1 heterocycles. The minimum atomic E-state index is -0.222. The second kappa shape index (κ2) is 4.62. The molecule has 0 saturated carbocycles. The lowest BCUT2D eigenvalue weighted by Gasteiger charge is -2.11. The Kier molecular flexibility index (Phi) is 3.21. The summed E-state index contributed by atoms with van der Waals surface area (Å²) in [5, 5.41) is 0. The number of halogens is 1. The first kappa shape index (κ1) is 10.4. The van der Waals surface area contributed by atoms with E-state index in [1.54, 1.807) is 19.1 Å². The molecular weight excluding hydrogens is 195 g/mol. The molecule has 0 aromatic heterocycles. The van der Waals surface area contributed by atoms with Crippen molar-refractivity contribution in [2.45, 2.75) is 25.9 Å². The van der Waals surface area contributed by atoms with Crippen LogP contribution >= 0.6 is 0 Å². The van der Waals surface area contributed by atoms with Crippen LogP contribution in [0.2, 0.25) is 0 Å². The Morgan fingerprint density at radius 2 is 2.40 bits per heavy atom. The van der Waals surface area contributed by atoms with Gasteiger partial charge in [-0.15, -0.1) is 0 Å². The van der Waals surface area contributed by atoms with E-state index in [4.69, 9.17) is 9.47 Å². The van der Waals surface area contributed by atoms with Gasteiger partial charge in [0.2, 0.25) is 0 Å². The van der Waals surface area contributed by atoms with Gasteiger partial charge in [-0.1, -0.05) is 6.07 Å². The zero-order valence-corrected chi connectivity index (χ0v) is 8.83. The maximum absolute atomic E-state index is 13.2. The van der Waals surface area contributed by atoms with Crippen LogP contribution in [0.1, 0.15) is 18.4 Å². The van der Waals surface area contributed by atoms with Crippen molar-refractivity contribution >= 4 is 0 Å². The van der Waals surface area contributed by atoms with Crippen molar-refractivity contribution in [1.29, 1.82) is 0 Å². The molecule has 0 radical (unpaired) electrons. The lowest BCUT2D eigenvalue weighted by Crippen LogP contribution is -2.16. The minimum absolute atomic E-state index is 0.175. The molecule has 1 atom stereocenters. The summed E-state index contributed by atoms with van der Waals surface area (Å²) in [5.41, 5.74) is 0.638. The van der Waals surface area contributed by atoms with E-state index in [2.05, 4.69) is 0 Å². The summed E-state index contributed by atoms with van der Waals surface area (Å²) in [5.74, 6) is 0.355. The number of hydrogen-bond acceptors (Lipinski definition) is 2. The van der Waals surface area contributed by atoms with Gasteiger partial charge in [-0.05, 0) is 31.4 Å². The summed E-state index contributed by atoms with van der Waals surface area (Å²) in [7, 11) is 0. The minimum Gasteiger partial charge on any atom is -0.491 e. The summed E-state index contributed by atoms with van der Waals surface area (Å²) < 4.78 is 24.0. The predicted octanol–water partition coefficient (Wildman–Crippen LogP) is 2.69. The van der Waals surface area contributed by atoms with Crippen LogP contribution in [0.5, 0.6) is 5.75 Å². The van der Waals surface area contributed by atoms with E-state index in [1.807, 2.05) is 0 Å². The SMILES string of the molecule is Cc1ccc(OCC2CCCO2)cc1F. The molecule has 1 saturated heterocycles. The number of aryl methyl sites for hydroxylation is 1. The van der Waals surface area contributed by atoms with Crippen LogP contribution in [-0.4, -0.2) is 19.3 Å². The smallest absolute Gasteiger partial charge is 0.129 e. The van der Waals surface area contributed by atoms with Crippen molar-refractivity contribution in [1.82, 2.24) is 0 Å². The molecule has 1 aliphatic heterocycles.